The second-order valence-electron chi connectivity index (χ2n) is 8.51. The molecule has 1 heterocycles. The van der Waals surface area contributed by atoms with E-state index in [1.807, 2.05) is 48.5 Å². The summed E-state index contributed by atoms with van der Waals surface area (Å²) < 4.78 is 2.54. The standard InChI is InChI=1S/C32H19N3S/c33-20-22-5-9-24(10-6-22)25-11-15-27(16-12-25)35(26-13-7-23(21-34)8-14-26)28-17-18-32-30(19-28)29-3-1-2-4-31(29)36-32/h1-19H. The first kappa shape index (κ1) is 21.6. The zero-order chi connectivity index (χ0) is 24.5. The van der Waals surface area contributed by atoms with E-state index in [4.69, 9.17) is 5.26 Å². The van der Waals surface area contributed by atoms with Gasteiger partial charge in [-0.2, -0.15) is 10.5 Å². The summed E-state index contributed by atoms with van der Waals surface area (Å²) in [6.45, 7) is 0. The SMILES string of the molecule is N#Cc1ccc(-c2ccc(N(c3ccc(C#N)cc3)c3ccc4sc5ccccc5c4c3)cc2)cc1. The average molecular weight is 478 g/mol. The van der Waals surface area contributed by atoms with Gasteiger partial charge in [0.05, 0.1) is 23.3 Å². The molecular formula is C32H19N3S. The molecule has 6 aromatic rings. The van der Waals surface area contributed by atoms with Crippen LogP contribution in [0.2, 0.25) is 0 Å². The Kier molecular flexibility index (Phi) is 5.43. The van der Waals surface area contributed by atoms with Crippen LogP contribution in [0.1, 0.15) is 11.1 Å². The van der Waals surface area contributed by atoms with Gasteiger partial charge in [-0.15, -0.1) is 11.3 Å². The molecular weight excluding hydrogens is 458 g/mol. The monoisotopic (exact) mass is 477 g/mol. The molecule has 0 aliphatic rings. The molecule has 0 amide bonds. The van der Waals surface area contributed by atoms with Crippen molar-refractivity contribution in [3.8, 4) is 23.3 Å². The van der Waals surface area contributed by atoms with Crippen molar-refractivity contribution in [3.05, 3.63) is 126 Å². The maximum atomic E-state index is 9.29. The summed E-state index contributed by atoms with van der Waals surface area (Å²) in [6, 6.07) is 43.2. The molecule has 0 saturated carbocycles. The molecule has 0 spiro atoms. The van der Waals surface area contributed by atoms with Crippen molar-refractivity contribution in [3.63, 3.8) is 0 Å². The van der Waals surface area contributed by atoms with E-state index in [2.05, 4.69) is 83.8 Å². The molecule has 36 heavy (non-hydrogen) atoms. The van der Waals surface area contributed by atoms with Gasteiger partial charge in [0.1, 0.15) is 0 Å². The molecule has 168 valence electrons. The molecule has 0 saturated heterocycles. The quantitative estimate of drug-likeness (QED) is 0.255. The lowest BCUT2D eigenvalue weighted by atomic mass is 10.0. The molecule has 0 N–H and O–H groups in total. The highest BCUT2D eigenvalue weighted by atomic mass is 32.1. The first-order valence-electron chi connectivity index (χ1n) is 11.6. The van der Waals surface area contributed by atoms with Crippen molar-refractivity contribution < 1.29 is 0 Å². The molecule has 0 fully saturated rings. The Balaban J connectivity index is 1.47. The number of nitriles is 2. The van der Waals surface area contributed by atoms with Crippen LogP contribution in [0, 0.1) is 22.7 Å². The smallest absolute Gasteiger partial charge is 0.0991 e. The Morgan fingerprint density at radius 2 is 1.00 bits per heavy atom. The molecule has 6 rings (SSSR count). The summed E-state index contributed by atoms with van der Waals surface area (Å²) in [5, 5.41) is 20.9. The van der Waals surface area contributed by atoms with E-state index in [1.165, 1.54) is 20.2 Å². The maximum Gasteiger partial charge on any atom is 0.0991 e. The third kappa shape index (κ3) is 3.87. The zero-order valence-electron chi connectivity index (χ0n) is 19.2. The fraction of sp³-hybridized carbons (Fsp3) is 0. The minimum atomic E-state index is 0.633. The number of hydrogen-bond acceptors (Lipinski definition) is 4. The number of anilines is 3. The van der Waals surface area contributed by atoms with Gasteiger partial charge in [0.15, 0.2) is 0 Å². The van der Waals surface area contributed by atoms with Gasteiger partial charge in [-0.25, -0.2) is 0 Å². The Hall–Kier alpha value is -4.90. The van der Waals surface area contributed by atoms with Crippen molar-refractivity contribution in [2.45, 2.75) is 0 Å². The van der Waals surface area contributed by atoms with E-state index < -0.39 is 0 Å². The van der Waals surface area contributed by atoms with Crippen LogP contribution in [0.15, 0.2) is 115 Å². The molecule has 0 bridgehead atoms. The highest BCUT2D eigenvalue weighted by Crippen LogP contribution is 2.40. The maximum absolute atomic E-state index is 9.29. The van der Waals surface area contributed by atoms with Crippen LogP contribution in [-0.4, -0.2) is 0 Å². The zero-order valence-corrected chi connectivity index (χ0v) is 20.0. The minimum Gasteiger partial charge on any atom is -0.310 e. The van der Waals surface area contributed by atoms with Gasteiger partial charge in [-0.05, 0) is 83.9 Å². The highest BCUT2D eigenvalue weighted by molar-refractivity contribution is 7.25. The third-order valence-electron chi connectivity index (χ3n) is 6.35. The van der Waals surface area contributed by atoms with Gasteiger partial charge < -0.3 is 4.90 Å². The van der Waals surface area contributed by atoms with Crippen LogP contribution < -0.4 is 4.90 Å². The lowest BCUT2D eigenvalue weighted by molar-refractivity contribution is 1.29. The summed E-state index contributed by atoms with van der Waals surface area (Å²) >= 11 is 1.81. The number of benzene rings is 5. The summed E-state index contributed by atoms with van der Waals surface area (Å²) in [5.41, 5.74) is 6.50. The fourth-order valence-electron chi connectivity index (χ4n) is 4.53. The first-order chi connectivity index (χ1) is 17.7. The molecule has 0 aliphatic heterocycles. The van der Waals surface area contributed by atoms with Crippen molar-refractivity contribution in [1.82, 2.24) is 0 Å². The molecule has 0 unspecified atom stereocenters. The highest BCUT2D eigenvalue weighted by Gasteiger charge is 2.15. The van der Waals surface area contributed by atoms with Gasteiger partial charge in [0, 0.05) is 37.2 Å². The summed E-state index contributed by atoms with van der Waals surface area (Å²) in [6.07, 6.45) is 0. The van der Waals surface area contributed by atoms with Crippen molar-refractivity contribution >= 4 is 48.6 Å². The Labute approximate surface area is 213 Å². The molecule has 5 aromatic carbocycles. The van der Waals surface area contributed by atoms with E-state index in [0.717, 1.165) is 28.2 Å². The lowest BCUT2D eigenvalue weighted by Gasteiger charge is -2.26. The van der Waals surface area contributed by atoms with Crippen molar-refractivity contribution in [2.24, 2.45) is 0 Å². The van der Waals surface area contributed by atoms with E-state index in [1.54, 1.807) is 11.3 Å². The number of nitrogens with zero attached hydrogens (tertiary/aromatic N) is 3. The summed E-state index contributed by atoms with van der Waals surface area (Å²) in [7, 11) is 0. The summed E-state index contributed by atoms with van der Waals surface area (Å²) in [5.74, 6) is 0. The van der Waals surface area contributed by atoms with Gasteiger partial charge in [-0.3, -0.25) is 0 Å². The molecule has 0 aliphatic carbocycles. The van der Waals surface area contributed by atoms with Gasteiger partial charge >= 0.3 is 0 Å². The lowest BCUT2D eigenvalue weighted by Crippen LogP contribution is -2.09. The van der Waals surface area contributed by atoms with Gasteiger partial charge in [0.25, 0.3) is 0 Å². The van der Waals surface area contributed by atoms with Crippen LogP contribution in [0.25, 0.3) is 31.3 Å². The van der Waals surface area contributed by atoms with Crippen molar-refractivity contribution in [2.75, 3.05) is 4.90 Å². The molecule has 0 radical (unpaired) electrons. The second kappa shape index (κ2) is 9.04. The molecule has 3 nitrogen and oxygen atoms in total. The Bertz CT molecular complexity index is 1780. The van der Waals surface area contributed by atoms with Crippen LogP contribution in [0.3, 0.4) is 0 Å². The van der Waals surface area contributed by atoms with E-state index in [-0.39, 0.29) is 0 Å². The average Bonchev–Trinajstić information content (AvgIpc) is 3.32. The molecule has 0 atom stereocenters. The predicted molar refractivity (Wildman–Crippen MR) is 149 cm³/mol. The van der Waals surface area contributed by atoms with Gasteiger partial charge in [0.2, 0.25) is 0 Å². The second-order valence-corrected chi connectivity index (χ2v) is 9.59. The Morgan fingerprint density at radius 1 is 0.500 bits per heavy atom. The van der Waals surface area contributed by atoms with Crippen LogP contribution in [-0.2, 0) is 0 Å². The largest absolute Gasteiger partial charge is 0.310 e. The number of thiophene rings is 1. The van der Waals surface area contributed by atoms with Gasteiger partial charge in [-0.1, -0.05) is 42.5 Å². The summed E-state index contributed by atoms with van der Waals surface area (Å²) in [4.78, 5) is 2.22. The van der Waals surface area contributed by atoms with E-state index in [0.29, 0.717) is 11.1 Å². The fourth-order valence-corrected chi connectivity index (χ4v) is 5.61. The Morgan fingerprint density at radius 3 is 1.64 bits per heavy atom. The number of fused-ring (bicyclic) bond motifs is 3. The third-order valence-corrected chi connectivity index (χ3v) is 7.50. The topological polar surface area (TPSA) is 50.8 Å². The normalized spacial score (nSPS) is 10.7. The molecule has 1 aromatic heterocycles. The van der Waals surface area contributed by atoms with E-state index >= 15 is 0 Å². The predicted octanol–water partition coefficient (Wildman–Crippen LogP) is 8.93. The number of rotatable bonds is 4. The van der Waals surface area contributed by atoms with Crippen LogP contribution >= 0.6 is 11.3 Å². The van der Waals surface area contributed by atoms with Crippen molar-refractivity contribution in [1.29, 1.82) is 10.5 Å². The van der Waals surface area contributed by atoms with E-state index in [9.17, 15) is 5.26 Å². The minimum absolute atomic E-state index is 0.633. The first-order valence-corrected chi connectivity index (χ1v) is 12.4. The molecule has 4 heteroatoms. The number of hydrogen-bond donors (Lipinski definition) is 0. The van der Waals surface area contributed by atoms with Crippen LogP contribution in [0.5, 0.6) is 0 Å². The van der Waals surface area contributed by atoms with Crippen LogP contribution in [0.4, 0.5) is 17.1 Å².